The molecule has 6 nitrogen and oxygen atoms in total. The first-order valence-corrected chi connectivity index (χ1v) is 8.01. The average Bonchev–Trinajstić information content (AvgIpc) is 2.61. The van der Waals surface area contributed by atoms with Gasteiger partial charge in [0.2, 0.25) is 5.91 Å². The third-order valence-corrected chi connectivity index (χ3v) is 3.96. The molecule has 1 N–H and O–H groups in total. The highest BCUT2D eigenvalue weighted by atomic mass is 16.5. The highest BCUT2D eigenvalue weighted by Gasteiger charge is 2.19. The lowest BCUT2D eigenvalue weighted by atomic mass is 10.1. The lowest BCUT2D eigenvalue weighted by molar-refractivity contribution is -0.124. The smallest absolute Gasteiger partial charge is 0.267 e. The van der Waals surface area contributed by atoms with Crippen molar-refractivity contribution in [3.8, 4) is 17.0 Å². The summed E-state index contributed by atoms with van der Waals surface area (Å²) in [6.45, 7) is 5.59. The maximum Gasteiger partial charge on any atom is 0.267 e. The predicted molar refractivity (Wildman–Crippen MR) is 93.1 cm³/mol. The van der Waals surface area contributed by atoms with E-state index in [4.69, 9.17) is 4.74 Å². The molecule has 2 aromatic rings. The number of hydrogen-bond donors (Lipinski definition) is 1. The predicted octanol–water partition coefficient (Wildman–Crippen LogP) is 2.39. The molecule has 24 heavy (non-hydrogen) atoms. The molecule has 0 saturated carbocycles. The number of carbonyl (C=O) groups excluding carboxylic acids is 1. The van der Waals surface area contributed by atoms with Gasteiger partial charge in [-0.1, -0.05) is 6.92 Å². The van der Waals surface area contributed by atoms with Crippen LogP contribution in [0.4, 0.5) is 0 Å². The summed E-state index contributed by atoms with van der Waals surface area (Å²) in [5, 5.41) is 7.23. The highest BCUT2D eigenvalue weighted by Crippen LogP contribution is 2.20. The molecule has 0 spiro atoms. The molecule has 2 rings (SSSR count). The van der Waals surface area contributed by atoms with Gasteiger partial charge < -0.3 is 10.1 Å². The number of ether oxygens (including phenoxy) is 1. The van der Waals surface area contributed by atoms with E-state index in [2.05, 4.69) is 10.4 Å². The van der Waals surface area contributed by atoms with Gasteiger partial charge in [0.1, 0.15) is 11.8 Å². The summed E-state index contributed by atoms with van der Waals surface area (Å²) >= 11 is 0. The minimum absolute atomic E-state index is 0.0559. The molecule has 2 unspecified atom stereocenters. The Hall–Kier alpha value is -2.63. The lowest BCUT2D eigenvalue weighted by Gasteiger charge is -2.18. The van der Waals surface area contributed by atoms with Gasteiger partial charge in [0.25, 0.3) is 5.56 Å². The lowest BCUT2D eigenvalue weighted by Crippen LogP contribution is -2.40. The van der Waals surface area contributed by atoms with Gasteiger partial charge in [-0.3, -0.25) is 9.59 Å². The van der Waals surface area contributed by atoms with Crippen molar-refractivity contribution in [2.75, 3.05) is 7.11 Å². The number of nitrogens with zero attached hydrogens (tertiary/aromatic N) is 2. The fourth-order valence-corrected chi connectivity index (χ4v) is 2.20. The van der Waals surface area contributed by atoms with Crippen LogP contribution < -0.4 is 15.6 Å². The van der Waals surface area contributed by atoms with E-state index in [0.717, 1.165) is 17.7 Å². The normalized spacial score (nSPS) is 13.2. The van der Waals surface area contributed by atoms with E-state index in [9.17, 15) is 9.59 Å². The van der Waals surface area contributed by atoms with Crippen molar-refractivity contribution in [3.05, 3.63) is 46.8 Å². The van der Waals surface area contributed by atoms with Crippen LogP contribution >= 0.6 is 0 Å². The fraction of sp³-hybridized carbons (Fsp3) is 0.389. The van der Waals surface area contributed by atoms with Crippen LogP contribution in [0.15, 0.2) is 41.2 Å². The number of nitrogens with one attached hydrogen (secondary N) is 1. The van der Waals surface area contributed by atoms with Crippen LogP contribution in [0.5, 0.6) is 5.75 Å². The summed E-state index contributed by atoms with van der Waals surface area (Å²) in [6.07, 6.45) is 0.826. The molecular formula is C18H23N3O3. The first kappa shape index (κ1) is 17.7. The summed E-state index contributed by atoms with van der Waals surface area (Å²) < 4.78 is 6.36. The van der Waals surface area contributed by atoms with Crippen LogP contribution in [0.25, 0.3) is 11.3 Å². The second kappa shape index (κ2) is 7.77. The number of carbonyl (C=O) groups is 1. The minimum Gasteiger partial charge on any atom is -0.497 e. The maximum absolute atomic E-state index is 12.3. The van der Waals surface area contributed by atoms with Crippen LogP contribution in [0.2, 0.25) is 0 Å². The Bertz CT molecular complexity index is 753. The van der Waals surface area contributed by atoms with E-state index in [1.165, 1.54) is 10.7 Å². The Morgan fingerprint density at radius 1 is 1.21 bits per heavy atom. The molecule has 0 fully saturated rings. The molecule has 1 aromatic heterocycles. The van der Waals surface area contributed by atoms with E-state index in [0.29, 0.717) is 5.69 Å². The van der Waals surface area contributed by atoms with Crippen LogP contribution in [0.3, 0.4) is 0 Å². The SMILES string of the molecule is CCC(C)NC(=O)C(C)n1nc(-c2ccc(OC)cc2)ccc1=O. The largest absolute Gasteiger partial charge is 0.497 e. The fourth-order valence-electron chi connectivity index (χ4n) is 2.20. The molecular weight excluding hydrogens is 306 g/mol. The van der Waals surface area contributed by atoms with Gasteiger partial charge in [0.15, 0.2) is 0 Å². The second-order valence-corrected chi connectivity index (χ2v) is 5.72. The van der Waals surface area contributed by atoms with Crippen LogP contribution in [-0.2, 0) is 4.79 Å². The monoisotopic (exact) mass is 329 g/mol. The molecule has 1 aromatic carbocycles. The summed E-state index contributed by atoms with van der Waals surface area (Å²) in [4.78, 5) is 24.4. The van der Waals surface area contributed by atoms with E-state index in [-0.39, 0.29) is 17.5 Å². The van der Waals surface area contributed by atoms with Gasteiger partial charge in [-0.05, 0) is 50.6 Å². The molecule has 0 radical (unpaired) electrons. The highest BCUT2D eigenvalue weighted by molar-refractivity contribution is 5.80. The van der Waals surface area contributed by atoms with Crippen LogP contribution in [0, 0.1) is 0 Å². The number of methoxy groups -OCH3 is 1. The summed E-state index contributed by atoms with van der Waals surface area (Å²) in [7, 11) is 1.60. The summed E-state index contributed by atoms with van der Waals surface area (Å²) in [5.41, 5.74) is 1.17. The molecule has 0 aliphatic heterocycles. The standard InChI is InChI=1S/C18H23N3O3/c1-5-12(2)19-18(23)13(3)21-17(22)11-10-16(20-21)14-6-8-15(24-4)9-7-14/h6-13H,5H2,1-4H3,(H,19,23). The molecule has 0 bridgehead atoms. The number of rotatable bonds is 6. The Balaban J connectivity index is 2.30. The van der Waals surface area contributed by atoms with Crippen molar-refractivity contribution >= 4 is 5.91 Å². The van der Waals surface area contributed by atoms with Crippen LogP contribution in [0.1, 0.15) is 33.2 Å². The zero-order chi connectivity index (χ0) is 17.7. The molecule has 1 amide bonds. The van der Waals surface area contributed by atoms with Crippen LogP contribution in [-0.4, -0.2) is 28.8 Å². The Morgan fingerprint density at radius 2 is 1.88 bits per heavy atom. The zero-order valence-electron chi connectivity index (χ0n) is 14.4. The topological polar surface area (TPSA) is 73.2 Å². The van der Waals surface area contributed by atoms with E-state index >= 15 is 0 Å². The van der Waals surface area contributed by atoms with Gasteiger partial charge in [0.05, 0.1) is 12.8 Å². The molecule has 6 heteroatoms. The summed E-state index contributed by atoms with van der Waals surface area (Å²) in [6, 6.07) is 9.83. The quantitative estimate of drug-likeness (QED) is 0.883. The molecule has 128 valence electrons. The zero-order valence-corrected chi connectivity index (χ0v) is 14.4. The minimum atomic E-state index is -0.676. The molecule has 2 atom stereocenters. The average molecular weight is 329 g/mol. The molecule has 0 aliphatic carbocycles. The third-order valence-electron chi connectivity index (χ3n) is 3.96. The summed E-state index contributed by atoms with van der Waals surface area (Å²) in [5.74, 6) is 0.527. The Kier molecular flexibility index (Phi) is 5.73. The van der Waals surface area contributed by atoms with Crippen molar-refractivity contribution < 1.29 is 9.53 Å². The maximum atomic E-state index is 12.3. The van der Waals surface area contributed by atoms with Crippen molar-refractivity contribution in [2.45, 2.75) is 39.3 Å². The first-order chi connectivity index (χ1) is 11.5. The van der Waals surface area contributed by atoms with Crippen molar-refractivity contribution in [2.24, 2.45) is 0 Å². The van der Waals surface area contributed by atoms with Gasteiger partial charge >= 0.3 is 0 Å². The van der Waals surface area contributed by atoms with E-state index in [1.807, 2.05) is 38.1 Å². The van der Waals surface area contributed by atoms with Crippen molar-refractivity contribution in [1.82, 2.24) is 15.1 Å². The molecule has 0 aliphatic rings. The molecule has 0 saturated heterocycles. The van der Waals surface area contributed by atoms with E-state index in [1.54, 1.807) is 20.1 Å². The third kappa shape index (κ3) is 4.01. The van der Waals surface area contributed by atoms with Crippen molar-refractivity contribution in [3.63, 3.8) is 0 Å². The number of hydrogen-bond acceptors (Lipinski definition) is 4. The van der Waals surface area contributed by atoms with Gasteiger partial charge in [-0.25, -0.2) is 4.68 Å². The first-order valence-electron chi connectivity index (χ1n) is 8.01. The van der Waals surface area contributed by atoms with Crippen molar-refractivity contribution in [1.29, 1.82) is 0 Å². The Morgan fingerprint density at radius 3 is 2.46 bits per heavy atom. The number of aromatic nitrogens is 2. The van der Waals surface area contributed by atoms with Gasteiger partial charge in [-0.2, -0.15) is 5.10 Å². The second-order valence-electron chi connectivity index (χ2n) is 5.72. The molecule has 1 heterocycles. The Labute approximate surface area is 141 Å². The van der Waals surface area contributed by atoms with Gasteiger partial charge in [0, 0.05) is 17.7 Å². The van der Waals surface area contributed by atoms with E-state index < -0.39 is 6.04 Å². The van der Waals surface area contributed by atoms with Gasteiger partial charge in [-0.15, -0.1) is 0 Å². The number of benzene rings is 1. The number of amides is 1.